The van der Waals surface area contributed by atoms with Crippen LogP contribution in [0.5, 0.6) is 0 Å². The van der Waals surface area contributed by atoms with Crippen molar-refractivity contribution < 1.29 is 18.8 Å². The van der Waals surface area contributed by atoms with Gasteiger partial charge < -0.3 is 15.5 Å². The first-order valence-corrected chi connectivity index (χ1v) is 7.51. The molecule has 23 heavy (non-hydrogen) atoms. The lowest BCUT2D eigenvalue weighted by Crippen LogP contribution is -2.38. The van der Waals surface area contributed by atoms with Crippen LogP contribution in [0.2, 0.25) is 0 Å². The van der Waals surface area contributed by atoms with Crippen molar-refractivity contribution in [3.8, 4) is 0 Å². The Morgan fingerprint density at radius 3 is 2.91 bits per heavy atom. The van der Waals surface area contributed by atoms with E-state index in [2.05, 4.69) is 15.8 Å². The van der Waals surface area contributed by atoms with E-state index in [1.165, 1.54) is 12.1 Å². The van der Waals surface area contributed by atoms with Crippen LogP contribution in [0.15, 0.2) is 29.4 Å². The summed E-state index contributed by atoms with van der Waals surface area (Å²) >= 11 is 0. The molecule has 2 N–H and O–H groups in total. The number of halogens is 1. The van der Waals surface area contributed by atoms with E-state index >= 15 is 0 Å². The summed E-state index contributed by atoms with van der Waals surface area (Å²) in [7, 11) is 0. The third-order valence-electron chi connectivity index (χ3n) is 3.22. The third-order valence-corrected chi connectivity index (χ3v) is 3.22. The number of hydrogen-bond donors (Lipinski definition) is 2. The Morgan fingerprint density at radius 2 is 2.22 bits per heavy atom. The maximum atomic E-state index is 13.2. The summed E-state index contributed by atoms with van der Waals surface area (Å²) < 4.78 is 13.2. The molecule has 1 aromatic rings. The van der Waals surface area contributed by atoms with Gasteiger partial charge in [-0.1, -0.05) is 17.3 Å². The number of amides is 2. The van der Waals surface area contributed by atoms with Gasteiger partial charge in [-0.25, -0.2) is 4.39 Å². The molecule has 1 aromatic carbocycles. The fourth-order valence-electron chi connectivity index (χ4n) is 2.16. The van der Waals surface area contributed by atoms with Crippen LogP contribution in [0.25, 0.3) is 0 Å². The van der Waals surface area contributed by atoms with E-state index in [1.54, 1.807) is 12.1 Å². The van der Waals surface area contributed by atoms with Gasteiger partial charge in [0.15, 0.2) is 0 Å². The summed E-state index contributed by atoms with van der Waals surface area (Å²) in [4.78, 5) is 28.5. The molecule has 124 valence electrons. The number of carbonyl (C=O) groups excluding carboxylic acids is 2. The molecule has 6 nitrogen and oxygen atoms in total. The van der Waals surface area contributed by atoms with Crippen molar-refractivity contribution in [2.24, 2.45) is 5.16 Å². The zero-order valence-corrected chi connectivity index (χ0v) is 13.1. The normalized spacial score (nSPS) is 16.7. The smallest absolute Gasteiger partial charge is 0.264 e. The van der Waals surface area contributed by atoms with Crippen molar-refractivity contribution in [2.75, 3.05) is 6.54 Å². The largest absolute Gasteiger partial charge is 0.382 e. The third kappa shape index (κ3) is 5.05. The van der Waals surface area contributed by atoms with Gasteiger partial charge >= 0.3 is 0 Å². The second-order valence-corrected chi connectivity index (χ2v) is 5.61. The fraction of sp³-hybridized carbons (Fsp3) is 0.438. The second kappa shape index (κ2) is 7.71. The maximum Gasteiger partial charge on any atom is 0.264 e. The Morgan fingerprint density at radius 1 is 1.43 bits per heavy atom. The van der Waals surface area contributed by atoms with Crippen molar-refractivity contribution in [3.63, 3.8) is 0 Å². The Balaban J connectivity index is 1.77. The van der Waals surface area contributed by atoms with Crippen LogP contribution in [0, 0.1) is 5.82 Å². The minimum atomic E-state index is -0.749. The van der Waals surface area contributed by atoms with Gasteiger partial charge in [-0.15, -0.1) is 0 Å². The SMILES string of the molecule is CC(C)NC(=O)CCNC(=O)[C@@H]1CC(c2cccc(F)c2)=NO1. The first-order valence-electron chi connectivity index (χ1n) is 7.51. The monoisotopic (exact) mass is 321 g/mol. The highest BCUT2D eigenvalue weighted by Crippen LogP contribution is 2.17. The molecule has 1 aliphatic heterocycles. The number of nitrogens with zero attached hydrogens (tertiary/aromatic N) is 1. The molecule has 2 amide bonds. The van der Waals surface area contributed by atoms with Crippen LogP contribution >= 0.6 is 0 Å². The van der Waals surface area contributed by atoms with Crippen LogP contribution < -0.4 is 10.6 Å². The minimum Gasteiger partial charge on any atom is -0.382 e. The Labute approximate surface area is 134 Å². The first-order chi connectivity index (χ1) is 11.0. The fourth-order valence-corrected chi connectivity index (χ4v) is 2.16. The van der Waals surface area contributed by atoms with Gasteiger partial charge in [0.1, 0.15) is 5.82 Å². The molecule has 7 heteroatoms. The summed E-state index contributed by atoms with van der Waals surface area (Å²) in [6.07, 6.45) is -0.275. The minimum absolute atomic E-state index is 0.0681. The number of oxime groups is 1. The molecule has 2 rings (SSSR count). The van der Waals surface area contributed by atoms with Crippen molar-refractivity contribution in [3.05, 3.63) is 35.6 Å². The Bertz CT molecular complexity index is 616. The number of nitrogens with one attached hydrogen (secondary N) is 2. The van der Waals surface area contributed by atoms with E-state index in [0.29, 0.717) is 11.3 Å². The van der Waals surface area contributed by atoms with Crippen LogP contribution in [0.3, 0.4) is 0 Å². The molecule has 0 saturated heterocycles. The second-order valence-electron chi connectivity index (χ2n) is 5.61. The topological polar surface area (TPSA) is 79.8 Å². The average Bonchev–Trinajstić information content (AvgIpc) is 2.96. The average molecular weight is 321 g/mol. The lowest BCUT2D eigenvalue weighted by molar-refractivity contribution is -0.131. The standard InChI is InChI=1S/C16H20FN3O3/c1-10(2)19-15(21)6-7-18-16(22)14-9-13(20-23-14)11-4-3-5-12(17)8-11/h3-5,8,10,14H,6-7,9H2,1-2H3,(H,18,22)(H,19,21)/t14-/m0/s1. The highest BCUT2D eigenvalue weighted by atomic mass is 19.1. The van der Waals surface area contributed by atoms with Gasteiger partial charge in [0.05, 0.1) is 5.71 Å². The van der Waals surface area contributed by atoms with Crippen molar-refractivity contribution >= 4 is 17.5 Å². The molecule has 1 aliphatic rings. The summed E-state index contributed by atoms with van der Waals surface area (Å²) in [5, 5.41) is 9.22. The van der Waals surface area contributed by atoms with Gasteiger partial charge in [0, 0.05) is 31.0 Å². The highest BCUT2D eigenvalue weighted by molar-refractivity contribution is 6.04. The molecular formula is C16H20FN3O3. The number of benzene rings is 1. The Hall–Kier alpha value is -2.44. The van der Waals surface area contributed by atoms with E-state index < -0.39 is 6.10 Å². The molecule has 0 aromatic heterocycles. The zero-order chi connectivity index (χ0) is 16.8. The predicted octanol–water partition coefficient (Wildman–Crippen LogP) is 1.35. The molecular weight excluding hydrogens is 301 g/mol. The number of hydrogen-bond acceptors (Lipinski definition) is 4. The van der Waals surface area contributed by atoms with Gasteiger partial charge in [0.25, 0.3) is 5.91 Å². The van der Waals surface area contributed by atoms with Crippen LogP contribution in [-0.4, -0.2) is 36.2 Å². The van der Waals surface area contributed by atoms with Gasteiger partial charge in [-0.3, -0.25) is 9.59 Å². The molecule has 0 unspecified atom stereocenters. The van der Waals surface area contributed by atoms with Crippen LogP contribution in [0.4, 0.5) is 4.39 Å². The van der Waals surface area contributed by atoms with Crippen molar-refractivity contribution in [1.29, 1.82) is 0 Å². The summed E-state index contributed by atoms with van der Waals surface area (Å²) in [5.74, 6) is -0.823. The van der Waals surface area contributed by atoms with Crippen molar-refractivity contribution in [1.82, 2.24) is 10.6 Å². The van der Waals surface area contributed by atoms with Crippen molar-refractivity contribution in [2.45, 2.75) is 38.8 Å². The molecule has 0 bridgehead atoms. The molecule has 0 fully saturated rings. The zero-order valence-electron chi connectivity index (χ0n) is 13.1. The quantitative estimate of drug-likeness (QED) is 0.830. The molecule has 0 saturated carbocycles. The van der Waals surface area contributed by atoms with Gasteiger partial charge in [-0.05, 0) is 26.0 Å². The molecule has 1 heterocycles. The lowest BCUT2D eigenvalue weighted by Gasteiger charge is -2.11. The van der Waals surface area contributed by atoms with Crippen LogP contribution in [-0.2, 0) is 14.4 Å². The van der Waals surface area contributed by atoms with E-state index in [9.17, 15) is 14.0 Å². The predicted molar refractivity (Wildman–Crippen MR) is 83.3 cm³/mol. The highest BCUT2D eigenvalue weighted by Gasteiger charge is 2.28. The van der Waals surface area contributed by atoms with Gasteiger partial charge in [0.2, 0.25) is 12.0 Å². The Kier molecular flexibility index (Phi) is 5.67. The maximum absolute atomic E-state index is 13.2. The van der Waals surface area contributed by atoms with Crippen LogP contribution in [0.1, 0.15) is 32.3 Å². The van der Waals surface area contributed by atoms with E-state index in [0.717, 1.165) is 0 Å². The van der Waals surface area contributed by atoms with E-state index in [1.807, 2.05) is 13.8 Å². The summed E-state index contributed by atoms with van der Waals surface area (Å²) in [5.41, 5.74) is 1.12. The molecule has 0 radical (unpaired) electrons. The van der Waals surface area contributed by atoms with Gasteiger partial charge in [-0.2, -0.15) is 0 Å². The van der Waals surface area contributed by atoms with E-state index in [-0.39, 0.29) is 43.1 Å². The summed E-state index contributed by atoms with van der Waals surface area (Å²) in [6, 6.07) is 6.04. The molecule has 1 atom stereocenters. The molecule has 0 aliphatic carbocycles. The summed E-state index contributed by atoms with van der Waals surface area (Å²) in [6.45, 7) is 3.97. The number of carbonyl (C=O) groups is 2. The lowest BCUT2D eigenvalue weighted by atomic mass is 10.0. The first kappa shape index (κ1) is 16.9. The number of rotatable bonds is 6. The van der Waals surface area contributed by atoms with E-state index in [4.69, 9.17) is 4.84 Å². The molecule has 0 spiro atoms.